The van der Waals surface area contributed by atoms with E-state index in [4.69, 9.17) is 32.5 Å². The van der Waals surface area contributed by atoms with Crippen molar-refractivity contribution in [3.05, 3.63) is 30.3 Å². The molecule has 38 heavy (non-hydrogen) atoms. The van der Waals surface area contributed by atoms with Crippen LogP contribution in [0.2, 0.25) is 0 Å². The highest BCUT2D eigenvalue weighted by Crippen LogP contribution is 2.56. The topological polar surface area (TPSA) is 81.7 Å². The first-order valence-electron chi connectivity index (χ1n) is 14.2. The van der Waals surface area contributed by atoms with E-state index in [9.17, 15) is 4.57 Å². The highest BCUT2D eigenvalue weighted by atomic mass is 32.2. The van der Waals surface area contributed by atoms with Crippen LogP contribution in [0.1, 0.15) is 66.2 Å². The van der Waals surface area contributed by atoms with Crippen LogP contribution in [0, 0.1) is 5.92 Å². The minimum atomic E-state index is -3.81. The van der Waals surface area contributed by atoms with Crippen LogP contribution in [0.4, 0.5) is 0 Å². The van der Waals surface area contributed by atoms with Crippen LogP contribution in [0.25, 0.3) is 0 Å². The van der Waals surface area contributed by atoms with Gasteiger partial charge in [0.25, 0.3) is 0 Å². The fourth-order valence-electron chi connectivity index (χ4n) is 4.15. The van der Waals surface area contributed by atoms with E-state index in [2.05, 4.69) is 20.8 Å². The molecule has 0 aromatic heterocycles. The minimum Gasteiger partial charge on any atom is -0.379 e. The summed E-state index contributed by atoms with van der Waals surface area (Å²) in [5.74, 6) is 0.143. The van der Waals surface area contributed by atoms with Crippen LogP contribution < -0.4 is 0 Å². The van der Waals surface area contributed by atoms with E-state index >= 15 is 0 Å². The van der Waals surface area contributed by atoms with Crippen molar-refractivity contribution in [2.75, 3.05) is 39.6 Å². The number of hydrogen-bond acceptors (Lipinski definition) is 9. The zero-order valence-electron chi connectivity index (χ0n) is 23.5. The van der Waals surface area contributed by atoms with Crippen LogP contribution in [0.15, 0.2) is 35.2 Å². The van der Waals surface area contributed by atoms with Gasteiger partial charge in [0.1, 0.15) is 29.9 Å². The summed E-state index contributed by atoms with van der Waals surface area (Å²) in [6.45, 7) is 11.1. The third-order valence-electron chi connectivity index (χ3n) is 6.41. The van der Waals surface area contributed by atoms with Gasteiger partial charge in [0.15, 0.2) is 0 Å². The van der Waals surface area contributed by atoms with Crippen LogP contribution in [-0.4, -0.2) is 69.5 Å². The monoisotopic (exact) mass is 574 g/mol. The Kier molecular flexibility index (Phi) is 14.6. The Labute approximate surface area is 233 Å². The summed E-state index contributed by atoms with van der Waals surface area (Å²) in [5.41, 5.74) is -0.535. The lowest BCUT2D eigenvalue weighted by Gasteiger charge is -2.46. The lowest BCUT2D eigenvalue weighted by Crippen LogP contribution is -2.60. The fraction of sp³-hybridized carbons (Fsp3) is 0.786. The van der Waals surface area contributed by atoms with Crippen LogP contribution in [-0.2, 0) is 37.1 Å². The molecule has 0 aliphatic carbocycles. The first kappa shape index (κ1) is 32.0. The van der Waals surface area contributed by atoms with Crippen LogP contribution in [0.5, 0.6) is 0 Å². The molecule has 0 N–H and O–H groups in total. The van der Waals surface area contributed by atoms with Gasteiger partial charge in [-0.05, 0) is 31.4 Å². The predicted molar refractivity (Wildman–Crippen MR) is 150 cm³/mol. The summed E-state index contributed by atoms with van der Waals surface area (Å²) in [7, 11) is -3.81. The first-order chi connectivity index (χ1) is 18.5. The number of benzene rings is 1. The molecule has 1 aromatic rings. The maximum absolute atomic E-state index is 13.6. The van der Waals surface area contributed by atoms with Gasteiger partial charge in [-0.2, -0.15) is 0 Å². The van der Waals surface area contributed by atoms with Gasteiger partial charge in [-0.3, -0.25) is 13.6 Å². The van der Waals surface area contributed by atoms with Crippen molar-refractivity contribution in [1.29, 1.82) is 0 Å². The predicted octanol–water partition coefficient (Wildman–Crippen LogP) is 6.87. The van der Waals surface area contributed by atoms with Gasteiger partial charge in [0.05, 0.1) is 19.8 Å². The van der Waals surface area contributed by atoms with Crippen molar-refractivity contribution in [1.82, 2.24) is 0 Å². The molecular weight excluding hydrogens is 527 g/mol. The number of rotatable bonds is 17. The van der Waals surface area contributed by atoms with Gasteiger partial charge >= 0.3 is 7.82 Å². The molecule has 2 aliphatic rings. The lowest BCUT2D eigenvalue weighted by molar-refractivity contribution is -0.235. The molecule has 2 saturated heterocycles. The smallest absolute Gasteiger partial charge is 0.379 e. The second-order valence-corrected chi connectivity index (χ2v) is 12.8. The van der Waals surface area contributed by atoms with E-state index in [-0.39, 0.29) is 12.0 Å². The van der Waals surface area contributed by atoms with Gasteiger partial charge in [0, 0.05) is 30.6 Å². The van der Waals surface area contributed by atoms with Crippen molar-refractivity contribution >= 4 is 19.6 Å². The molecule has 0 radical (unpaired) electrons. The molecule has 0 bridgehead atoms. The van der Waals surface area contributed by atoms with Gasteiger partial charge in [-0.25, -0.2) is 4.57 Å². The van der Waals surface area contributed by atoms with E-state index in [0.717, 1.165) is 43.4 Å². The van der Waals surface area contributed by atoms with Crippen molar-refractivity contribution in [3.63, 3.8) is 0 Å². The Morgan fingerprint density at radius 2 is 1.47 bits per heavy atom. The molecule has 2 fully saturated rings. The quantitative estimate of drug-likeness (QED) is 0.146. The summed E-state index contributed by atoms with van der Waals surface area (Å²) < 4.78 is 56.6. The molecule has 10 heteroatoms. The van der Waals surface area contributed by atoms with E-state index in [0.29, 0.717) is 39.6 Å². The Morgan fingerprint density at radius 3 is 2.11 bits per heavy atom. The number of phosphoric ester groups is 1. The Bertz CT molecular complexity index is 803. The third-order valence-corrected chi connectivity index (χ3v) is 9.00. The third kappa shape index (κ3) is 10.2. The average Bonchev–Trinajstić information content (AvgIpc) is 2.92. The molecule has 0 amide bonds. The number of hydrogen-bond donors (Lipinski definition) is 0. The van der Waals surface area contributed by atoms with E-state index in [1.165, 1.54) is 11.8 Å². The maximum Gasteiger partial charge on any atom is 0.475 e. The summed E-state index contributed by atoms with van der Waals surface area (Å²) in [6.07, 6.45) is 3.74. The molecule has 3 rings (SSSR count). The normalized spacial score (nSPS) is 31.9. The van der Waals surface area contributed by atoms with Crippen molar-refractivity contribution in [2.45, 2.75) is 101 Å². The largest absolute Gasteiger partial charge is 0.475 e. The van der Waals surface area contributed by atoms with E-state index in [1.807, 2.05) is 37.3 Å². The van der Waals surface area contributed by atoms with Crippen molar-refractivity contribution < 1.29 is 37.1 Å². The minimum absolute atomic E-state index is 0.143. The zero-order chi connectivity index (χ0) is 27.2. The Morgan fingerprint density at radius 1 is 0.868 bits per heavy atom. The zero-order valence-corrected chi connectivity index (χ0v) is 25.2. The molecule has 218 valence electrons. The van der Waals surface area contributed by atoms with Crippen molar-refractivity contribution in [3.8, 4) is 0 Å². The molecule has 1 aromatic carbocycles. The van der Waals surface area contributed by atoms with E-state index in [1.54, 1.807) is 0 Å². The van der Waals surface area contributed by atoms with Gasteiger partial charge < -0.3 is 18.9 Å². The SMILES string of the molecule is CCCCOCC1OC(Sc2ccccc2)C(OP2(=O)OCC(C)CO2)C(OCCCC)C1OCCCC. The molecule has 0 saturated carbocycles. The molecule has 5 unspecified atom stereocenters. The van der Waals surface area contributed by atoms with Crippen molar-refractivity contribution in [2.24, 2.45) is 5.92 Å². The average molecular weight is 575 g/mol. The second kappa shape index (κ2) is 17.4. The Hall–Kier alpha value is -0.480. The summed E-state index contributed by atoms with van der Waals surface area (Å²) in [5, 5.41) is 0. The van der Waals surface area contributed by atoms with Gasteiger partial charge in [-0.1, -0.05) is 76.9 Å². The second-order valence-electron chi connectivity index (χ2n) is 9.99. The number of ether oxygens (including phenoxy) is 4. The maximum atomic E-state index is 13.6. The molecule has 5 atom stereocenters. The standard InChI is InChI=1S/C28H47O8PS/c1-5-8-16-30-21-24-25(31-17-9-6-2)26(32-18-10-7-3)27(36-37(29)33-19-22(4)20-34-37)28(35-24)38-23-14-12-11-13-15-23/h11-15,22,24-28H,5-10,16-21H2,1-4H3. The molecular formula is C28H47O8PS. The number of phosphoric acid groups is 1. The molecule has 2 aliphatic heterocycles. The molecule has 0 spiro atoms. The number of thioether (sulfide) groups is 1. The van der Waals surface area contributed by atoms with Crippen LogP contribution in [0.3, 0.4) is 0 Å². The highest BCUT2D eigenvalue weighted by molar-refractivity contribution is 7.99. The van der Waals surface area contributed by atoms with Gasteiger partial charge in [0.2, 0.25) is 0 Å². The highest BCUT2D eigenvalue weighted by Gasteiger charge is 2.52. The van der Waals surface area contributed by atoms with Crippen LogP contribution >= 0.6 is 19.6 Å². The van der Waals surface area contributed by atoms with E-state index < -0.39 is 31.6 Å². The summed E-state index contributed by atoms with van der Waals surface area (Å²) >= 11 is 1.51. The lowest BCUT2D eigenvalue weighted by atomic mass is 9.99. The first-order valence-corrected chi connectivity index (χ1v) is 16.6. The summed E-state index contributed by atoms with van der Waals surface area (Å²) in [4.78, 5) is 1.01. The fourth-order valence-corrected chi connectivity index (χ4v) is 6.96. The molecule has 2 heterocycles. The van der Waals surface area contributed by atoms with Gasteiger partial charge in [-0.15, -0.1) is 0 Å². The Balaban J connectivity index is 1.91. The number of unbranched alkanes of at least 4 members (excludes halogenated alkanes) is 3. The summed E-state index contributed by atoms with van der Waals surface area (Å²) in [6, 6.07) is 9.98. The molecule has 8 nitrogen and oxygen atoms in total.